The zero-order chi connectivity index (χ0) is 13.4. The minimum Gasteiger partial charge on any atom is -0.444 e. The molecule has 0 amide bonds. The van der Waals surface area contributed by atoms with Crippen molar-refractivity contribution >= 4 is 26.7 Å². The average Bonchev–Trinajstić information content (AvgIpc) is 2.94. The van der Waals surface area contributed by atoms with Gasteiger partial charge in [0.25, 0.3) is 0 Å². The molecule has 3 rings (SSSR count). The lowest BCUT2D eigenvalue weighted by atomic mass is 10.3. The van der Waals surface area contributed by atoms with Crippen LogP contribution in [0.5, 0.6) is 0 Å². The highest BCUT2D eigenvalue weighted by atomic mass is 32.1. The quantitative estimate of drug-likeness (QED) is 0.788. The molecule has 2 heterocycles. The Kier molecular flexibility index (Phi) is 2.94. The summed E-state index contributed by atoms with van der Waals surface area (Å²) in [4.78, 5) is 8.56. The second-order valence-electron chi connectivity index (χ2n) is 4.31. The molecule has 6 heteroatoms. The Morgan fingerprint density at radius 2 is 2.26 bits per heavy atom. The number of thiazole rings is 1. The zero-order valence-corrected chi connectivity index (χ0v) is 11.3. The van der Waals surface area contributed by atoms with E-state index < -0.39 is 0 Å². The number of aromatic nitrogens is 2. The van der Waals surface area contributed by atoms with Crippen molar-refractivity contribution in [1.82, 2.24) is 9.97 Å². The predicted molar refractivity (Wildman–Crippen MR) is 72.9 cm³/mol. The van der Waals surface area contributed by atoms with Crippen LogP contribution in [-0.2, 0) is 0 Å². The van der Waals surface area contributed by atoms with Crippen LogP contribution in [0.2, 0.25) is 0 Å². The maximum atomic E-state index is 13.1. The summed E-state index contributed by atoms with van der Waals surface area (Å²) in [6.45, 7) is 3.79. The van der Waals surface area contributed by atoms with E-state index in [2.05, 4.69) is 15.3 Å². The molecule has 0 saturated carbocycles. The Morgan fingerprint density at radius 1 is 1.42 bits per heavy atom. The van der Waals surface area contributed by atoms with Crippen LogP contribution in [0, 0.1) is 12.7 Å². The van der Waals surface area contributed by atoms with Gasteiger partial charge in [-0.05, 0) is 32.0 Å². The third-order valence-electron chi connectivity index (χ3n) is 2.70. The minimum absolute atomic E-state index is 0.0842. The molecular formula is C13H12FN3OS. The third kappa shape index (κ3) is 2.44. The highest BCUT2D eigenvalue weighted by Crippen LogP contribution is 2.29. The van der Waals surface area contributed by atoms with Crippen LogP contribution in [0.1, 0.15) is 24.6 Å². The summed E-state index contributed by atoms with van der Waals surface area (Å²) in [5.74, 6) is 1.14. The lowest BCUT2D eigenvalue weighted by molar-refractivity contribution is 0.453. The molecule has 3 aromatic rings. The van der Waals surface area contributed by atoms with E-state index in [1.165, 1.54) is 23.5 Å². The van der Waals surface area contributed by atoms with Gasteiger partial charge in [-0.25, -0.2) is 14.4 Å². The van der Waals surface area contributed by atoms with Crippen molar-refractivity contribution in [3.63, 3.8) is 0 Å². The summed E-state index contributed by atoms with van der Waals surface area (Å²) in [6.07, 6.45) is 1.68. The van der Waals surface area contributed by atoms with Crippen molar-refractivity contribution in [1.29, 1.82) is 0 Å². The van der Waals surface area contributed by atoms with Crippen molar-refractivity contribution in [3.05, 3.63) is 41.9 Å². The summed E-state index contributed by atoms with van der Waals surface area (Å²) in [5.41, 5.74) is 0.782. The monoisotopic (exact) mass is 277 g/mol. The van der Waals surface area contributed by atoms with Crippen LogP contribution in [0.3, 0.4) is 0 Å². The summed E-state index contributed by atoms with van der Waals surface area (Å²) < 4.78 is 19.4. The number of nitrogens with one attached hydrogen (secondary N) is 1. The lowest BCUT2D eigenvalue weighted by Crippen LogP contribution is -2.06. The predicted octanol–water partition coefficient (Wildman–Crippen LogP) is 3.90. The summed E-state index contributed by atoms with van der Waals surface area (Å²) in [5, 5.41) is 3.93. The summed E-state index contributed by atoms with van der Waals surface area (Å²) in [7, 11) is 0. The van der Waals surface area contributed by atoms with Crippen molar-refractivity contribution < 1.29 is 8.81 Å². The number of halogens is 1. The SMILES string of the molecule is Cc1cnc(C(C)Nc2nc3ccc(F)cc3s2)o1. The van der Waals surface area contributed by atoms with Gasteiger partial charge in [-0.1, -0.05) is 11.3 Å². The molecule has 0 aliphatic rings. The van der Waals surface area contributed by atoms with E-state index in [1.807, 2.05) is 13.8 Å². The summed E-state index contributed by atoms with van der Waals surface area (Å²) >= 11 is 1.41. The number of benzene rings is 1. The van der Waals surface area contributed by atoms with Gasteiger partial charge in [0.15, 0.2) is 5.13 Å². The second-order valence-corrected chi connectivity index (χ2v) is 5.34. The first-order valence-electron chi connectivity index (χ1n) is 5.87. The average molecular weight is 277 g/mol. The second kappa shape index (κ2) is 4.62. The van der Waals surface area contributed by atoms with Crippen LogP contribution in [0.25, 0.3) is 10.2 Å². The molecule has 0 aliphatic heterocycles. The molecule has 4 nitrogen and oxygen atoms in total. The first kappa shape index (κ1) is 12.1. The van der Waals surface area contributed by atoms with Crippen LogP contribution in [0.4, 0.5) is 9.52 Å². The van der Waals surface area contributed by atoms with E-state index in [4.69, 9.17) is 4.42 Å². The van der Waals surface area contributed by atoms with Crippen LogP contribution < -0.4 is 5.32 Å². The Hall–Kier alpha value is -1.95. The third-order valence-corrected chi connectivity index (χ3v) is 3.65. The highest BCUT2D eigenvalue weighted by molar-refractivity contribution is 7.22. The molecule has 1 unspecified atom stereocenters. The number of fused-ring (bicyclic) bond motifs is 1. The molecule has 1 N–H and O–H groups in total. The van der Waals surface area contributed by atoms with Crippen LogP contribution in [-0.4, -0.2) is 9.97 Å². The number of oxazole rings is 1. The minimum atomic E-state index is -0.251. The van der Waals surface area contributed by atoms with E-state index in [-0.39, 0.29) is 11.9 Å². The number of nitrogens with zero attached hydrogens (tertiary/aromatic N) is 2. The lowest BCUT2D eigenvalue weighted by Gasteiger charge is -2.07. The number of rotatable bonds is 3. The fraction of sp³-hybridized carbons (Fsp3) is 0.231. The molecule has 0 bridgehead atoms. The van der Waals surface area contributed by atoms with Gasteiger partial charge in [0.1, 0.15) is 17.6 Å². The molecule has 1 aromatic carbocycles. The summed E-state index contributed by atoms with van der Waals surface area (Å²) in [6, 6.07) is 4.48. The van der Waals surface area contributed by atoms with Gasteiger partial charge in [-0.15, -0.1) is 0 Å². The molecule has 0 fully saturated rings. The Balaban J connectivity index is 1.85. The van der Waals surface area contributed by atoms with Gasteiger partial charge < -0.3 is 9.73 Å². The normalized spacial score (nSPS) is 12.8. The smallest absolute Gasteiger partial charge is 0.216 e. The standard InChI is InChI=1S/C13H12FN3OS/c1-7-6-15-12(18-7)8(2)16-13-17-10-4-3-9(14)5-11(10)19-13/h3-6,8H,1-2H3,(H,16,17). The van der Waals surface area contributed by atoms with Gasteiger partial charge >= 0.3 is 0 Å². The van der Waals surface area contributed by atoms with Crippen LogP contribution in [0.15, 0.2) is 28.8 Å². The topological polar surface area (TPSA) is 51.0 Å². The van der Waals surface area contributed by atoms with E-state index in [9.17, 15) is 4.39 Å². The molecular weight excluding hydrogens is 265 g/mol. The molecule has 1 atom stereocenters. The van der Waals surface area contributed by atoms with Gasteiger partial charge in [0.05, 0.1) is 16.4 Å². The van der Waals surface area contributed by atoms with Gasteiger partial charge in [-0.3, -0.25) is 0 Å². The van der Waals surface area contributed by atoms with Crippen molar-refractivity contribution in [2.75, 3.05) is 5.32 Å². The number of hydrogen-bond donors (Lipinski definition) is 1. The first-order valence-corrected chi connectivity index (χ1v) is 6.68. The molecule has 98 valence electrons. The molecule has 19 heavy (non-hydrogen) atoms. The van der Waals surface area contributed by atoms with Crippen molar-refractivity contribution in [2.45, 2.75) is 19.9 Å². The highest BCUT2D eigenvalue weighted by Gasteiger charge is 2.13. The Bertz CT molecular complexity index is 722. The zero-order valence-electron chi connectivity index (χ0n) is 10.5. The Morgan fingerprint density at radius 3 is 3.00 bits per heavy atom. The Labute approximate surface area is 113 Å². The van der Waals surface area contributed by atoms with Gasteiger partial charge in [-0.2, -0.15) is 0 Å². The van der Waals surface area contributed by atoms with E-state index >= 15 is 0 Å². The first-order chi connectivity index (χ1) is 9.11. The number of hydrogen-bond acceptors (Lipinski definition) is 5. The van der Waals surface area contributed by atoms with E-state index in [1.54, 1.807) is 12.3 Å². The largest absolute Gasteiger partial charge is 0.444 e. The van der Waals surface area contributed by atoms with Crippen molar-refractivity contribution in [2.24, 2.45) is 0 Å². The van der Waals surface area contributed by atoms with E-state index in [0.717, 1.165) is 21.1 Å². The fourth-order valence-electron chi connectivity index (χ4n) is 1.78. The van der Waals surface area contributed by atoms with Crippen molar-refractivity contribution in [3.8, 4) is 0 Å². The maximum absolute atomic E-state index is 13.1. The molecule has 0 aliphatic carbocycles. The number of aryl methyl sites for hydroxylation is 1. The fourth-order valence-corrected chi connectivity index (χ4v) is 2.76. The van der Waals surface area contributed by atoms with Crippen LogP contribution >= 0.6 is 11.3 Å². The molecule has 0 spiro atoms. The number of anilines is 1. The molecule has 2 aromatic heterocycles. The maximum Gasteiger partial charge on any atom is 0.216 e. The molecule has 0 saturated heterocycles. The van der Waals surface area contributed by atoms with Gasteiger partial charge in [0.2, 0.25) is 5.89 Å². The van der Waals surface area contributed by atoms with E-state index in [0.29, 0.717) is 5.89 Å². The molecule has 0 radical (unpaired) electrons. The van der Waals surface area contributed by atoms with Gasteiger partial charge in [0, 0.05) is 0 Å².